The van der Waals surface area contributed by atoms with Crippen molar-refractivity contribution >= 4 is 17.6 Å². The van der Waals surface area contributed by atoms with E-state index in [-0.39, 0.29) is 22.8 Å². The van der Waals surface area contributed by atoms with E-state index in [9.17, 15) is 13.6 Å². The average Bonchev–Trinajstić information content (AvgIpc) is 2.28. The highest BCUT2D eigenvalue weighted by Crippen LogP contribution is 2.29. The van der Waals surface area contributed by atoms with Crippen LogP contribution < -0.4 is 4.74 Å². The molecule has 1 rings (SSSR count). The number of halogens is 3. The second-order valence-corrected chi connectivity index (χ2v) is 3.45. The topological polar surface area (TPSA) is 59.3 Å². The Balaban J connectivity index is 3.22. The fraction of sp³-hybridized carbons (Fsp3) is 0.273. The predicted molar refractivity (Wildman–Crippen MR) is 58.8 cm³/mol. The van der Waals surface area contributed by atoms with Crippen LogP contribution in [0.2, 0.25) is 5.02 Å². The van der Waals surface area contributed by atoms with Gasteiger partial charge in [0, 0.05) is 0 Å². The van der Waals surface area contributed by atoms with E-state index in [1.807, 2.05) is 0 Å². The van der Waals surface area contributed by atoms with Crippen molar-refractivity contribution in [2.24, 2.45) is 0 Å². The van der Waals surface area contributed by atoms with E-state index in [0.717, 1.165) is 12.1 Å². The van der Waals surface area contributed by atoms with Gasteiger partial charge in [-0.2, -0.15) is 14.0 Å². The Morgan fingerprint density at radius 2 is 2.22 bits per heavy atom. The Labute approximate surface area is 107 Å². The van der Waals surface area contributed by atoms with Crippen molar-refractivity contribution in [1.29, 1.82) is 5.26 Å². The largest absolute Gasteiger partial charge is 0.462 e. The number of hydrogen-bond acceptors (Lipinski definition) is 4. The number of nitrogens with zero attached hydrogens (tertiary/aromatic N) is 1. The molecule has 0 amide bonds. The summed E-state index contributed by atoms with van der Waals surface area (Å²) in [6, 6.07) is 3.78. The van der Waals surface area contributed by atoms with Crippen LogP contribution in [0.4, 0.5) is 8.78 Å². The molecule has 0 aliphatic carbocycles. The van der Waals surface area contributed by atoms with Crippen molar-refractivity contribution < 1.29 is 23.0 Å². The summed E-state index contributed by atoms with van der Waals surface area (Å²) in [7, 11) is 0. The van der Waals surface area contributed by atoms with E-state index in [4.69, 9.17) is 21.6 Å². The molecule has 0 N–H and O–H groups in total. The van der Waals surface area contributed by atoms with E-state index in [1.54, 1.807) is 13.0 Å². The fourth-order valence-corrected chi connectivity index (χ4v) is 1.46. The normalized spacial score (nSPS) is 10.0. The molecule has 0 aliphatic rings. The van der Waals surface area contributed by atoms with Gasteiger partial charge in [0.2, 0.25) is 0 Å². The van der Waals surface area contributed by atoms with Crippen molar-refractivity contribution in [3.05, 3.63) is 28.3 Å². The molecule has 0 atom stereocenters. The first kappa shape index (κ1) is 14.2. The summed E-state index contributed by atoms with van der Waals surface area (Å²) in [5.41, 5.74) is -0.318. The molecule has 0 aromatic heterocycles. The molecule has 0 radical (unpaired) electrons. The van der Waals surface area contributed by atoms with E-state index >= 15 is 0 Å². The molecule has 0 unspecified atom stereocenters. The zero-order valence-electron chi connectivity index (χ0n) is 9.25. The van der Waals surface area contributed by atoms with Crippen molar-refractivity contribution in [3.63, 3.8) is 0 Å². The molecule has 0 bridgehead atoms. The lowest BCUT2D eigenvalue weighted by molar-refractivity contribution is -0.0501. The third kappa shape index (κ3) is 3.31. The van der Waals surface area contributed by atoms with Crippen molar-refractivity contribution in [1.82, 2.24) is 0 Å². The van der Waals surface area contributed by atoms with Crippen LogP contribution in [0.15, 0.2) is 12.1 Å². The first-order chi connectivity index (χ1) is 8.49. The molecule has 0 saturated heterocycles. The number of carbonyl (C=O) groups is 1. The highest BCUT2D eigenvalue weighted by Gasteiger charge is 2.18. The van der Waals surface area contributed by atoms with Gasteiger partial charge in [0.15, 0.2) is 0 Å². The summed E-state index contributed by atoms with van der Waals surface area (Å²) in [6.45, 7) is -1.40. The van der Waals surface area contributed by atoms with E-state index < -0.39 is 18.3 Å². The van der Waals surface area contributed by atoms with E-state index in [1.165, 1.54) is 0 Å². The molecular weight excluding hydrogens is 268 g/mol. The zero-order chi connectivity index (χ0) is 13.7. The maximum atomic E-state index is 12.2. The SMILES string of the molecule is CCOC(=O)c1cc(Cl)c(C#N)c(OC(F)F)c1. The molecule has 1 aromatic rings. The van der Waals surface area contributed by atoms with Gasteiger partial charge in [-0.05, 0) is 19.1 Å². The van der Waals surface area contributed by atoms with Crippen molar-refractivity contribution in [2.75, 3.05) is 6.61 Å². The van der Waals surface area contributed by atoms with Crippen LogP contribution in [0.25, 0.3) is 0 Å². The molecular formula is C11H8ClF2NO3. The Morgan fingerprint density at radius 1 is 1.56 bits per heavy atom. The Morgan fingerprint density at radius 3 is 2.72 bits per heavy atom. The third-order valence-corrected chi connectivity index (χ3v) is 2.19. The highest BCUT2D eigenvalue weighted by atomic mass is 35.5. The summed E-state index contributed by atoms with van der Waals surface area (Å²) >= 11 is 5.71. The van der Waals surface area contributed by atoms with Gasteiger partial charge < -0.3 is 9.47 Å². The Bertz CT molecular complexity index is 500. The minimum absolute atomic E-state index is 0.0588. The number of benzene rings is 1. The monoisotopic (exact) mass is 275 g/mol. The zero-order valence-corrected chi connectivity index (χ0v) is 10.0. The van der Waals surface area contributed by atoms with Gasteiger partial charge in [-0.1, -0.05) is 11.6 Å². The molecule has 1 aromatic carbocycles. The summed E-state index contributed by atoms with van der Waals surface area (Å²) in [6.07, 6.45) is 0. The minimum atomic E-state index is -3.12. The maximum Gasteiger partial charge on any atom is 0.387 e. The summed E-state index contributed by atoms with van der Waals surface area (Å²) in [4.78, 5) is 11.4. The average molecular weight is 276 g/mol. The van der Waals surface area contributed by atoms with Gasteiger partial charge in [-0.3, -0.25) is 0 Å². The van der Waals surface area contributed by atoms with Crippen LogP contribution in [0.1, 0.15) is 22.8 Å². The third-order valence-electron chi connectivity index (χ3n) is 1.89. The molecule has 0 heterocycles. The van der Waals surface area contributed by atoms with Crippen molar-refractivity contribution in [3.8, 4) is 11.8 Å². The van der Waals surface area contributed by atoms with Crippen LogP contribution in [0.3, 0.4) is 0 Å². The second-order valence-electron chi connectivity index (χ2n) is 3.04. The Hall–Kier alpha value is -1.87. The molecule has 7 heteroatoms. The standard InChI is InChI=1S/C11H8ClF2NO3/c1-2-17-10(16)6-3-8(12)7(5-15)9(4-6)18-11(13)14/h3-4,11H,2H2,1H3. The smallest absolute Gasteiger partial charge is 0.387 e. The van der Waals surface area contributed by atoms with Crippen LogP contribution in [0, 0.1) is 11.3 Å². The van der Waals surface area contributed by atoms with Gasteiger partial charge in [0.05, 0.1) is 17.2 Å². The predicted octanol–water partition coefficient (Wildman–Crippen LogP) is 2.99. The van der Waals surface area contributed by atoms with Crippen molar-refractivity contribution in [2.45, 2.75) is 13.5 Å². The number of hydrogen-bond donors (Lipinski definition) is 0. The molecule has 4 nitrogen and oxygen atoms in total. The second kappa shape index (κ2) is 6.17. The first-order valence-electron chi connectivity index (χ1n) is 4.85. The Kier molecular flexibility index (Phi) is 4.86. The lowest BCUT2D eigenvalue weighted by Crippen LogP contribution is -2.08. The van der Waals surface area contributed by atoms with Gasteiger partial charge in [0.25, 0.3) is 0 Å². The van der Waals surface area contributed by atoms with Crippen LogP contribution in [-0.2, 0) is 4.74 Å². The minimum Gasteiger partial charge on any atom is -0.462 e. The molecule has 0 fully saturated rings. The molecule has 18 heavy (non-hydrogen) atoms. The number of nitriles is 1. The number of carbonyl (C=O) groups excluding carboxylic acids is 1. The lowest BCUT2D eigenvalue weighted by atomic mass is 10.1. The summed E-state index contributed by atoms with van der Waals surface area (Å²) < 4.78 is 33.1. The molecule has 96 valence electrons. The van der Waals surface area contributed by atoms with E-state index in [0.29, 0.717) is 0 Å². The quantitative estimate of drug-likeness (QED) is 0.793. The fourth-order valence-electron chi connectivity index (χ4n) is 1.21. The van der Waals surface area contributed by atoms with Crippen LogP contribution in [-0.4, -0.2) is 19.2 Å². The number of alkyl halides is 2. The van der Waals surface area contributed by atoms with Gasteiger partial charge in [-0.15, -0.1) is 0 Å². The number of esters is 1. The first-order valence-corrected chi connectivity index (χ1v) is 5.23. The van der Waals surface area contributed by atoms with Crippen LogP contribution >= 0.6 is 11.6 Å². The summed E-state index contributed by atoms with van der Waals surface area (Å²) in [5, 5.41) is 8.62. The van der Waals surface area contributed by atoms with Gasteiger partial charge in [-0.25, -0.2) is 4.79 Å². The molecule has 0 aliphatic heterocycles. The maximum absolute atomic E-state index is 12.2. The van der Waals surface area contributed by atoms with Gasteiger partial charge >= 0.3 is 12.6 Å². The molecule has 0 saturated carbocycles. The lowest BCUT2D eigenvalue weighted by Gasteiger charge is -2.09. The van der Waals surface area contributed by atoms with Crippen LogP contribution in [0.5, 0.6) is 5.75 Å². The van der Waals surface area contributed by atoms with E-state index in [2.05, 4.69) is 4.74 Å². The highest BCUT2D eigenvalue weighted by molar-refractivity contribution is 6.32. The summed E-state index contributed by atoms with van der Waals surface area (Å²) in [5.74, 6) is -1.19. The molecule has 0 spiro atoms. The number of ether oxygens (including phenoxy) is 2. The van der Waals surface area contributed by atoms with Gasteiger partial charge in [0.1, 0.15) is 17.4 Å². The number of rotatable bonds is 4.